The van der Waals surface area contributed by atoms with E-state index in [1.54, 1.807) is 18.2 Å². The number of amides is 1. The van der Waals surface area contributed by atoms with E-state index in [0.717, 1.165) is 0 Å². The van der Waals surface area contributed by atoms with Gasteiger partial charge in [0.15, 0.2) is 16.6 Å². The molecule has 3 rings (SSSR count). The zero-order valence-corrected chi connectivity index (χ0v) is 12.2. The topological polar surface area (TPSA) is 50.8 Å². The standard InChI is InChI=1S/C13H11ClN2O3S/c1-2-16-12(17)9(15-13(16)20)3-7-4-10-11(5-8(7)14)19-6-18-10/h3-5H,2,6H2,1H3,(H,15,20). The number of carbonyl (C=O) groups excluding carboxylic acids is 1. The van der Waals surface area contributed by atoms with Gasteiger partial charge in [-0.15, -0.1) is 0 Å². The first-order valence-electron chi connectivity index (χ1n) is 6.04. The van der Waals surface area contributed by atoms with Gasteiger partial charge in [-0.2, -0.15) is 0 Å². The number of halogens is 1. The van der Waals surface area contributed by atoms with Gasteiger partial charge in [-0.1, -0.05) is 11.6 Å². The number of carbonyl (C=O) groups is 1. The van der Waals surface area contributed by atoms with Gasteiger partial charge in [-0.25, -0.2) is 0 Å². The summed E-state index contributed by atoms with van der Waals surface area (Å²) in [5.74, 6) is 1.06. The van der Waals surface area contributed by atoms with Crippen LogP contribution < -0.4 is 14.8 Å². The molecule has 0 spiro atoms. The van der Waals surface area contributed by atoms with Crippen LogP contribution in [0.5, 0.6) is 11.5 Å². The van der Waals surface area contributed by atoms with Crippen molar-refractivity contribution in [1.82, 2.24) is 10.2 Å². The number of ether oxygens (including phenoxy) is 2. The van der Waals surface area contributed by atoms with Crippen LogP contribution in [0.25, 0.3) is 6.08 Å². The molecule has 0 aromatic heterocycles. The Bertz CT molecular complexity index is 645. The first kappa shape index (κ1) is 13.2. The first-order valence-corrected chi connectivity index (χ1v) is 6.82. The lowest BCUT2D eigenvalue weighted by molar-refractivity contribution is -0.122. The fourth-order valence-corrected chi connectivity index (χ4v) is 2.59. The summed E-state index contributed by atoms with van der Waals surface area (Å²) in [4.78, 5) is 13.6. The molecule has 0 bridgehead atoms. The summed E-state index contributed by atoms with van der Waals surface area (Å²) in [6, 6.07) is 3.41. The maximum absolute atomic E-state index is 12.1. The van der Waals surface area contributed by atoms with Crippen molar-refractivity contribution in [3.05, 3.63) is 28.4 Å². The molecule has 0 aliphatic carbocycles. The van der Waals surface area contributed by atoms with E-state index in [4.69, 9.17) is 33.3 Å². The number of nitrogens with zero attached hydrogens (tertiary/aromatic N) is 1. The summed E-state index contributed by atoms with van der Waals surface area (Å²) >= 11 is 11.3. The molecule has 1 fully saturated rings. The van der Waals surface area contributed by atoms with Crippen LogP contribution in [0.2, 0.25) is 5.02 Å². The molecule has 1 saturated heterocycles. The Balaban J connectivity index is 1.97. The van der Waals surface area contributed by atoms with Crippen molar-refractivity contribution in [2.24, 2.45) is 0 Å². The van der Waals surface area contributed by atoms with Crippen LogP contribution in [-0.2, 0) is 4.79 Å². The van der Waals surface area contributed by atoms with Crippen LogP contribution in [0.4, 0.5) is 0 Å². The largest absolute Gasteiger partial charge is 0.454 e. The lowest BCUT2D eigenvalue weighted by Gasteiger charge is -2.08. The number of fused-ring (bicyclic) bond motifs is 1. The average Bonchev–Trinajstić information content (AvgIpc) is 2.95. The highest BCUT2D eigenvalue weighted by Gasteiger charge is 2.29. The Kier molecular flexibility index (Phi) is 3.27. The van der Waals surface area contributed by atoms with E-state index in [1.165, 1.54) is 4.90 Å². The quantitative estimate of drug-likeness (QED) is 0.670. The van der Waals surface area contributed by atoms with Gasteiger partial charge < -0.3 is 14.8 Å². The third-order valence-corrected chi connectivity index (χ3v) is 3.72. The van der Waals surface area contributed by atoms with Crippen molar-refractivity contribution in [1.29, 1.82) is 0 Å². The van der Waals surface area contributed by atoms with Crippen LogP contribution >= 0.6 is 23.8 Å². The molecule has 2 aliphatic rings. The predicted molar refractivity (Wildman–Crippen MR) is 78.7 cm³/mol. The smallest absolute Gasteiger partial charge is 0.276 e. The Morgan fingerprint density at radius 3 is 2.80 bits per heavy atom. The maximum atomic E-state index is 12.1. The highest BCUT2D eigenvalue weighted by molar-refractivity contribution is 7.80. The summed E-state index contributed by atoms with van der Waals surface area (Å²) < 4.78 is 10.5. The minimum Gasteiger partial charge on any atom is -0.454 e. The zero-order chi connectivity index (χ0) is 14.3. The van der Waals surface area contributed by atoms with Gasteiger partial charge in [0.05, 0.1) is 5.02 Å². The highest BCUT2D eigenvalue weighted by Crippen LogP contribution is 2.37. The third-order valence-electron chi connectivity index (χ3n) is 3.07. The summed E-state index contributed by atoms with van der Waals surface area (Å²) in [6.45, 7) is 2.57. The third kappa shape index (κ3) is 2.10. The van der Waals surface area contributed by atoms with E-state index in [1.807, 2.05) is 6.92 Å². The molecule has 0 radical (unpaired) electrons. The van der Waals surface area contributed by atoms with Crippen molar-refractivity contribution in [2.45, 2.75) is 6.92 Å². The van der Waals surface area contributed by atoms with Crippen molar-refractivity contribution < 1.29 is 14.3 Å². The SMILES string of the molecule is CCN1C(=O)C(=Cc2cc3c(cc2Cl)OCO3)NC1=S. The summed E-state index contributed by atoms with van der Waals surface area (Å²) in [7, 11) is 0. The molecule has 104 valence electrons. The monoisotopic (exact) mass is 310 g/mol. The van der Waals surface area contributed by atoms with Crippen molar-refractivity contribution in [3.63, 3.8) is 0 Å². The van der Waals surface area contributed by atoms with Crippen LogP contribution in [0.3, 0.4) is 0 Å². The van der Waals surface area contributed by atoms with Gasteiger partial charge in [0.1, 0.15) is 5.70 Å². The molecule has 0 unspecified atom stereocenters. The second-order valence-corrected chi connectivity index (χ2v) is 5.06. The Hall–Kier alpha value is -1.79. The molecular weight excluding hydrogens is 300 g/mol. The molecule has 0 saturated carbocycles. The number of thiocarbonyl (C=S) groups is 1. The fourth-order valence-electron chi connectivity index (χ4n) is 2.06. The van der Waals surface area contributed by atoms with Crippen molar-refractivity contribution in [3.8, 4) is 11.5 Å². The second kappa shape index (κ2) is 4.96. The molecule has 1 N–H and O–H groups in total. The number of rotatable bonds is 2. The van der Waals surface area contributed by atoms with Crippen molar-refractivity contribution in [2.75, 3.05) is 13.3 Å². The number of benzene rings is 1. The predicted octanol–water partition coefficient (Wildman–Crippen LogP) is 2.15. The molecule has 1 amide bonds. The van der Waals surface area contributed by atoms with E-state index in [-0.39, 0.29) is 12.7 Å². The lowest BCUT2D eigenvalue weighted by Crippen LogP contribution is -2.30. The van der Waals surface area contributed by atoms with Gasteiger partial charge in [0.2, 0.25) is 6.79 Å². The average molecular weight is 311 g/mol. The Morgan fingerprint density at radius 2 is 2.15 bits per heavy atom. The first-order chi connectivity index (χ1) is 9.60. The summed E-state index contributed by atoms with van der Waals surface area (Å²) in [5.41, 5.74) is 1.07. The van der Waals surface area contributed by atoms with Gasteiger partial charge >= 0.3 is 0 Å². The molecule has 1 aromatic carbocycles. The molecule has 5 nitrogen and oxygen atoms in total. The van der Waals surface area contributed by atoms with Gasteiger partial charge in [-0.05, 0) is 36.8 Å². The zero-order valence-electron chi connectivity index (χ0n) is 10.6. The highest BCUT2D eigenvalue weighted by atomic mass is 35.5. The maximum Gasteiger partial charge on any atom is 0.276 e. The van der Waals surface area contributed by atoms with E-state index in [9.17, 15) is 4.79 Å². The molecular formula is C13H11ClN2O3S. The van der Waals surface area contributed by atoms with Crippen LogP contribution in [0.15, 0.2) is 17.8 Å². The van der Waals surface area contributed by atoms with Gasteiger partial charge in [0, 0.05) is 12.6 Å². The van der Waals surface area contributed by atoms with E-state index >= 15 is 0 Å². The molecule has 7 heteroatoms. The number of hydrogen-bond donors (Lipinski definition) is 1. The van der Waals surface area contributed by atoms with Crippen LogP contribution in [0, 0.1) is 0 Å². The van der Waals surface area contributed by atoms with Crippen LogP contribution in [0.1, 0.15) is 12.5 Å². The number of hydrogen-bond acceptors (Lipinski definition) is 4. The summed E-state index contributed by atoms with van der Waals surface area (Å²) in [6.07, 6.45) is 1.66. The molecule has 1 aromatic rings. The molecule has 2 aliphatic heterocycles. The number of nitrogens with one attached hydrogen (secondary N) is 1. The van der Waals surface area contributed by atoms with E-state index in [0.29, 0.717) is 39.4 Å². The molecule has 2 heterocycles. The van der Waals surface area contributed by atoms with Gasteiger partial charge in [-0.3, -0.25) is 9.69 Å². The Morgan fingerprint density at radius 1 is 1.45 bits per heavy atom. The van der Waals surface area contributed by atoms with Gasteiger partial charge in [0.25, 0.3) is 5.91 Å². The normalized spacial score (nSPS) is 18.9. The minimum absolute atomic E-state index is 0.161. The fraction of sp³-hybridized carbons (Fsp3) is 0.231. The van der Waals surface area contributed by atoms with E-state index < -0.39 is 0 Å². The minimum atomic E-state index is -0.161. The molecule has 20 heavy (non-hydrogen) atoms. The lowest BCUT2D eigenvalue weighted by atomic mass is 10.1. The van der Waals surface area contributed by atoms with E-state index in [2.05, 4.69) is 5.32 Å². The van der Waals surface area contributed by atoms with Crippen molar-refractivity contribution >= 4 is 40.9 Å². The second-order valence-electron chi connectivity index (χ2n) is 4.26. The van der Waals surface area contributed by atoms with Crippen LogP contribution in [-0.4, -0.2) is 29.3 Å². The summed E-state index contributed by atoms with van der Waals surface area (Å²) in [5, 5.41) is 3.77. The Labute approximate surface area is 126 Å². The molecule has 0 atom stereocenters. The number of likely N-dealkylation sites (N-methyl/N-ethyl adjacent to an activating group) is 1.